The van der Waals surface area contributed by atoms with E-state index < -0.39 is 5.60 Å². The Kier molecular flexibility index (Phi) is 3.81. The molecule has 1 aromatic rings. The summed E-state index contributed by atoms with van der Waals surface area (Å²) in [6, 6.07) is 4.17. The third kappa shape index (κ3) is 2.78. The first-order valence-corrected chi connectivity index (χ1v) is 7.84. The Morgan fingerprint density at radius 3 is 3.00 bits per heavy atom. The van der Waals surface area contributed by atoms with E-state index in [4.69, 9.17) is 0 Å². The van der Waals surface area contributed by atoms with Crippen LogP contribution in [0.4, 0.5) is 0 Å². The number of thiophene rings is 1. The van der Waals surface area contributed by atoms with E-state index in [0.29, 0.717) is 5.25 Å². The molecule has 0 saturated carbocycles. The van der Waals surface area contributed by atoms with Crippen LogP contribution in [0.15, 0.2) is 15.9 Å². The van der Waals surface area contributed by atoms with Crippen molar-refractivity contribution in [2.24, 2.45) is 0 Å². The average Bonchev–Trinajstić information content (AvgIpc) is 2.57. The van der Waals surface area contributed by atoms with Crippen LogP contribution in [-0.4, -0.2) is 21.7 Å². The van der Waals surface area contributed by atoms with Gasteiger partial charge in [0.15, 0.2) is 0 Å². The number of hydrogen-bond donors (Lipinski definition) is 1. The molecule has 2 atom stereocenters. The van der Waals surface area contributed by atoms with Crippen molar-refractivity contribution in [2.45, 2.75) is 37.0 Å². The molecule has 0 radical (unpaired) electrons. The van der Waals surface area contributed by atoms with E-state index in [0.717, 1.165) is 23.0 Å². The van der Waals surface area contributed by atoms with E-state index in [1.165, 1.54) is 10.6 Å². The van der Waals surface area contributed by atoms with Crippen molar-refractivity contribution in [3.63, 3.8) is 0 Å². The van der Waals surface area contributed by atoms with Crippen LogP contribution >= 0.6 is 39.0 Å². The molecule has 1 aromatic heterocycles. The smallest absolute Gasteiger partial charge is 0.0811 e. The maximum Gasteiger partial charge on any atom is 0.0811 e. The summed E-state index contributed by atoms with van der Waals surface area (Å²) in [6.45, 7) is 2.15. The third-order valence-electron chi connectivity index (χ3n) is 2.99. The molecular formula is C11H15BrOS2. The summed E-state index contributed by atoms with van der Waals surface area (Å²) < 4.78 is 1.15. The van der Waals surface area contributed by atoms with E-state index in [9.17, 15) is 5.11 Å². The topological polar surface area (TPSA) is 20.2 Å². The monoisotopic (exact) mass is 306 g/mol. The zero-order valence-corrected chi connectivity index (χ0v) is 11.9. The Labute approximate surface area is 107 Å². The van der Waals surface area contributed by atoms with Gasteiger partial charge in [-0.3, -0.25) is 0 Å². The maximum absolute atomic E-state index is 10.6. The number of hydrogen-bond acceptors (Lipinski definition) is 3. The molecular weight excluding hydrogens is 292 g/mol. The first kappa shape index (κ1) is 12.0. The van der Waals surface area contributed by atoms with Gasteiger partial charge in [-0.1, -0.05) is 6.92 Å². The number of aliphatic hydroxyl groups is 1. The van der Waals surface area contributed by atoms with E-state index in [1.807, 2.05) is 11.8 Å². The van der Waals surface area contributed by atoms with Crippen molar-refractivity contribution in [1.29, 1.82) is 0 Å². The lowest BCUT2D eigenvalue weighted by Gasteiger charge is -2.37. The maximum atomic E-state index is 10.6. The first-order valence-electron chi connectivity index (χ1n) is 5.18. The minimum absolute atomic E-state index is 0.354. The molecule has 0 aromatic carbocycles. The van der Waals surface area contributed by atoms with E-state index in [2.05, 4.69) is 35.0 Å². The van der Waals surface area contributed by atoms with Crippen LogP contribution in [-0.2, 0) is 6.42 Å². The molecule has 0 amide bonds. The normalized spacial score (nSPS) is 31.8. The fraction of sp³-hybridized carbons (Fsp3) is 0.636. The minimum Gasteiger partial charge on any atom is -0.388 e. The van der Waals surface area contributed by atoms with Gasteiger partial charge in [0, 0.05) is 16.5 Å². The van der Waals surface area contributed by atoms with Gasteiger partial charge in [-0.05, 0) is 46.7 Å². The number of thioether (sulfide) groups is 1. The Balaban J connectivity index is 2.08. The lowest BCUT2D eigenvalue weighted by atomic mass is 9.89. The fourth-order valence-electron chi connectivity index (χ4n) is 1.98. The zero-order chi connectivity index (χ0) is 10.9. The molecule has 84 valence electrons. The second-order valence-electron chi connectivity index (χ2n) is 4.10. The lowest BCUT2D eigenvalue weighted by Crippen LogP contribution is -2.43. The summed E-state index contributed by atoms with van der Waals surface area (Å²) in [5.41, 5.74) is -0.493. The standard InChI is InChI=1S/C11H15BrOS2/c1-8-11(13,5-2-6-14-8)7-9-3-4-10(12)15-9/h3-4,8,13H,2,5-7H2,1H3. The van der Waals surface area contributed by atoms with Crippen molar-refractivity contribution < 1.29 is 5.11 Å². The van der Waals surface area contributed by atoms with Crippen LogP contribution in [0.3, 0.4) is 0 Å². The van der Waals surface area contributed by atoms with Crippen LogP contribution < -0.4 is 0 Å². The highest BCUT2D eigenvalue weighted by Crippen LogP contribution is 2.37. The van der Waals surface area contributed by atoms with Gasteiger partial charge in [0.05, 0.1) is 9.39 Å². The number of halogens is 1. The highest BCUT2D eigenvalue weighted by Gasteiger charge is 2.36. The second kappa shape index (κ2) is 4.78. The largest absolute Gasteiger partial charge is 0.388 e. The fourth-order valence-corrected chi connectivity index (χ4v) is 4.75. The molecule has 2 heterocycles. The van der Waals surface area contributed by atoms with Gasteiger partial charge in [0.1, 0.15) is 0 Å². The van der Waals surface area contributed by atoms with E-state index in [1.54, 1.807) is 11.3 Å². The van der Waals surface area contributed by atoms with E-state index in [-0.39, 0.29) is 0 Å². The molecule has 1 aliphatic rings. The molecule has 2 unspecified atom stereocenters. The van der Waals surface area contributed by atoms with Gasteiger partial charge >= 0.3 is 0 Å². The minimum atomic E-state index is -0.493. The molecule has 1 saturated heterocycles. The Hall–Kier alpha value is 0.490. The van der Waals surface area contributed by atoms with Crippen LogP contribution in [0.2, 0.25) is 0 Å². The summed E-state index contributed by atoms with van der Waals surface area (Å²) in [7, 11) is 0. The van der Waals surface area contributed by atoms with Gasteiger partial charge < -0.3 is 5.11 Å². The quantitative estimate of drug-likeness (QED) is 0.899. The molecule has 4 heteroatoms. The van der Waals surface area contributed by atoms with Crippen LogP contribution in [0, 0.1) is 0 Å². The molecule has 0 aliphatic carbocycles. The summed E-state index contributed by atoms with van der Waals surface area (Å²) in [4.78, 5) is 1.28. The van der Waals surface area contributed by atoms with Gasteiger partial charge in [-0.15, -0.1) is 11.3 Å². The van der Waals surface area contributed by atoms with Gasteiger partial charge in [-0.25, -0.2) is 0 Å². The molecule has 15 heavy (non-hydrogen) atoms. The summed E-state index contributed by atoms with van der Waals surface area (Å²) >= 11 is 7.08. The first-order chi connectivity index (χ1) is 7.10. The SMILES string of the molecule is CC1SCCCC1(O)Cc1ccc(Br)s1. The average molecular weight is 307 g/mol. The van der Waals surface area contributed by atoms with Crippen LogP contribution in [0.5, 0.6) is 0 Å². The molecule has 1 N–H and O–H groups in total. The summed E-state index contributed by atoms with van der Waals surface area (Å²) in [5, 5.41) is 10.9. The van der Waals surface area contributed by atoms with Gasteiger partial charge in [-0.2, -0.15) is 11.8 Å². The van der Waals surface area contributed by atoms with Crippen molar-refractivity contribution >= 4 is 39.0 Å². The summed E-state index contributed by atoms with van der Waals surface area (Å²) in [6.07, 6.45) is 2.88. The van der Waals surface area contributed by atoms with Gasteiger partial charge in [0.2, 0.25) is 0 Å². The zero-order valence-electron chi connectivity index (χ0n) is 8.70. The predicted octanol–water partition coefficient (Wildman–Crippen LogP) is 3.70. The molecule has 2 rings (SSSR count). The Bertz CT molecular complexity index is 339. The van der Waals surface area contributed by atoms with Crippen molar-refractivity contribution in [3.05, 3.63) is 20.8 Å². The van der Waals surface area contributed by atoms with Gasteiger partial charge in [0.25, 0.3) is 0 Å². The van der Waals surface area contributed by atoms with Crippen molar-refractivity contribution in [2.75, 3.05) is 5.75 Å². The lowest BCUT2D eigenvalue weighted by molar-refractivity contribution is 0.0305. The van der Waals surface area contributed by atoms with Crippen molar-refractivity contribution in [1.82, 2.24) is 0 Å². The summed E-state index contributed by atoms with van der Waals surface area (Å²) in [5.74, 6) is 1.19. The molecule has 0 spiro atoms. The van der Waals surface area contributed by atoms with Crippen LogP contribution in [0.1, 0.15) is 24.6 Å². The highest BCUT2D eigenvalue weighted by atomic mass is 79.9. The molecule has 0 bridgehead atoms. The highest BCUT2D eigenvalue weighted by molar-refractivity contribution is 9.11. The second-order valence-corrected chi connectivity index (χ2v) is 8.10. The van der Waals surface area contributed by atoms with Crippen molar-refractivity contribution in [3.8, 4) is 0 Å². The van der Waals surface area contributed by atoms with E-state index >= 15 is 0 Å². The third-order valence-corrected chi connectivity index (χ3v) is 6.07. The Morgan fingerprint density at radius 2 is 2.40 bits per heavy atom. The number of rotatable bonds is 2. The van der Waals surface area contributed by atoms with Crippen LogP contribution in [0.25, 0.3) is 0 Å². The Morgan fingerprint density at radius 1 is 1.60 bits per heavy atom. The molecule has 1 nitrogen and oxygen atoms in total. The molecule has 1 fully saturated rings. The molecule has 1 aliphatic heterocycles. The predicted molar refractivity (Wildman–Crippen MR) is 71.8 cm³/mol.